The second-order valence-corrected chi connectivity index (χ2v) is 9.19. The lowest BCUT2D eigenvalue weighted by Gasteiger charge is -2.42. The summed E-state index contributed by atoms with van der Waals surface area (Å²) in [5.41, 5.74) is 3.79. The molecular weight excluding hydrogens is 396 g/mol. The van der Waals surface area contributed by atoms with Gasteiger partial charge in [-0.05, 0) is 41.4 Å². The second-order valence-electron chi connectivity index (χ2n) is 9.19. The van der Waals surface area contributed by atoms with Crippen LogP contribution >= 0.6 is 0 Å². The fourth-order valence-corrected chi connectivity index (χ4v) is 4.90. The molecule has 1 aliphatic rings. The van der Waals surface area contributed by atoms with Crippen molar-refractivity contribution in [3.05, 3.63) is 96.1 Å². The Morgan fingerprint density at radius 2 is 1.31 bits per heavy atom. The minimum absolute atomic E-state index is 0.159. The molecule has 3 aromatic rings. The summed E-state index contributed by atoms with van der Waals surface area (Å²) in [5.74, 6) is -1.16. The number of Topliss-reactive ketones (excluding diaryl/α,β-unsaturated/α-hetero) is 1. The highest BCUT2D eigenvalue weighted by atomic mass is 16.5. The molecule has 0 aliphatic heterocycles. The zero-order chi connectivity index (χ0) is 22.6. The van der Waals surface area contributed by atoms with Gasteiger partial charge in [-0.15, -0.1) is 0 Å². The van der Waals surface area contributed by atoms with Gasteiger partial charge in [-0.2, -0.15) is 0 Å². The zero-order valence-electron chi connectivity index (χ0n) is 18.8. The number of carbonyl (C=O) groups is 2. The van der Waals surface area contributed by atoms with Gasteiger partial charge in [-0.3, -0.25) is 4.79 Å². The van der Waals surface area contributed by atoms with Crippen molar-refractivity contribution >= 4 is 11.8 Å². The maximum Gasteiger partial charge on any atom is 0.379 e. The van der Waals surface area contributed by atoms with Gasteiger partial charge in [0, 0.05) is 11.5 Å². The first-order valence-corrected chi connectivity index (χ1v) is 11.4. The highest BCUT2D eigenvalue weighted by Crippen LogP contribution is 2.42. The molecule has 3 nitrogen and oxygen atoms in total. The molecule has 4 rings (SSSR count). The summed E-state index contributed by atoms with van der Waals surface area (Å²) < 4.78 is 5.83. The van der Waals surface area contributed by atoms with Gasteiger partial charge in [0.1, 0.15) is 6.10 Å². The minimum Gasteiger partial charge on any atom is -0.456 e. The molecule has 1 aliphatic carbocycles. The van der Waals surface area contributed by atoms with Crippen LogP contribution in [0.15, 0.2) is 84.9 Å². The second kappa shape index (κ2) is 9.52. The molecule has 0 N–H and O–H groups in total. The van der Waals surface area contributed by atoms with E-state index in [1.54, 1.807) is 24.3 Å². The quantitative estimate of drug-likeness (QED) is 0.253. The van der Waals surface area contributed by atoms with Crippen molar-refractivity contribution < 1.29 is 14.3 Å². The molecule has 1 fully saturated rings. The number of hydrogen-bond acceptors (Lipinski definition) is 3. The number of carbonyl (C=O) groups excluding carboxylic acids is 2. The molecule has 1 saturated carbocycles. The summed E-state index contributed by atoms with van der Waals surface area (Å²) in [6.45, 7) is 4.45. The van der Waals surface area contributed by atoms with Gasteiger partial charge in [-0.25, -0.2) is 4.79 Å². The van der Waals surface area contributed by atoms with Gasteiger partial charge in [0.05, 0.1) is 0 Å². The molecule has 0 spiro atoms. The lowest BCUT2D eigenvalue weighted by atomic mass is 9.66. The topological polar surface area (TPSA) is 43.4 Å². The Morgan fingerprint density at radius 1 is 0.750 bits per heavy atom. The Labute approximate surface area is 190 Å². The van der Waals surface area contributed by atoms with E-state index >= 15 is 0 Å². The molecule has 0 aromatic heterocycles. The van der Waals surface area contributed by atoms with Crippen molar-refractivity contribution in [1.82, 2.24) is 0 Å². The van der Waals surface area contributed by atoms with E-state index in [0.717, 1.165) is 25.7 Å². The van der Waals surface area contributed by atoms with Crippen LogP contribution in [0.25, 0.3) is 11.1 Å². The summed E-state index contributed by atoms with van der Waals surface area (Å²) in [7, 11) is 0. The van der Waals surface area contributed by atoms with Crippen molar-refractivity contribution in [2.45, 2.75) is 51.0 Å². The van der Waals surface area contributed by atoms with Crippen molar-refractivity contribution in [3.8, 4) is 11.1 Å². The highest BCUT2D eigenvalue weighted by molar-refractivity contribution is 6.40. The first-order chi connectivity index (χ1) is 15.5. The molecule has 0 heterocycles. The normalized spacial score (nSPS) is 18.7. The van der Waals surface area contributed by atoms with Crippen LogP contribution in [-0.4, -0.2) is 17.9 Å². The number of hydrogen-bond donors (Lipinski definition) is 0. The Morgan fingerprint density at radius 3 is 1.97 bits per heavy atom. The summed E-state index contributed by atoms with van der Waals surface area (Å²) in [5, 5.41) is 0. The third-order valence-corrected chi connectivity index (χ3v) is 6.85. The van der Waals surface area contributed by atoms with Gasteiger partial charge in [0.25, 0.3) is 5.78 Å². The van der Waals surface area contributed by atoms with E-state index < -0.39 is 11.8 Å². The van der Waals surface area contributed by atoms with Crippen LogP contribution in [0.1, 0.15) is 55.5 Å². The van der Waals surface area contributed by atoms with Crippen LogP contribution in [0.3, 0.4) is 0 Å². The highest BCUT2D eigenvalue weighted by Gasteiger charge is 2.41. The Balaban J connectivity index is 1.52. The number of ketones is 1. The first kappa shape index (κ1) is 22.0. The van der Waals surface area contributed by atoms with E-state index in [4.69, 9.17) is 4.74 Å². The largest absolute Gasteiger partial charge is 0.456 e. The van der Waals surface area contributed by atoms with Crippen molar-refractivity contribution in [3.63, 3.8) is 0 Å². The van der Waals surface area contributed by atoms with Crippen LogP contribution in [0.4, 0.5) is 0 Å². The molecule has 0 bridgehead atoms. The van der Waals surface area contributed by atoms with Crippen LogP contribution in [0.2, 0.25) is 0 Å². The summed E-state index contributed by atoms with van der Waals surface area (Å²) in [6.07, 6.45) is 3.63. The molecule has 0 radical (unpaired) electrons. The molecule has 32 heavy (non-hydrogen) atoms. The van der Waals surface area contributed by atoms with Crippen LogP contribution in [0.5, 0.6) is 0 Å². The third kappa shape index (κ3) is 4.67. The Bertz CT molecular complexity index is 1050. The van der Waals surface area contributed by atoms with Crippen LogP contribution in [0, 0.1) is 5.92 Å². The van der Waals surface area contributed by atoms with E-state index in [1.807, 2.05) is 24.3 Å². The predicted octanol–water partition coefficient (Wildman–Crippen LogP) is 6.62. The number of ether oxygens (including phenoxy) is 1. The molecule has 0 unspecified atom stereocenters. The minimum atomic E-state index is -0.747. The van der Waals surface area contributed by atoms with Gasteiger partial charge < -0.3 is 4.74 Å². The molecule has 3 heteroatoms. The fourth-order valence-electron chi connectivity index (χ4n) is 4.90. The van der Waals surface area contributed by atoms with E-state index in [-0.39, 0.29) is 17.4 Å². The van der Waals surface area contributed by atoms with Crippen molar-refractivity contribution in [2.75, 3.05) is 0 Å². The van der Waals surface area contributed by atoms with Crippen molar-refractivity contribution in [1.29, 1.82) is 0 Å². The number of esters is 1. The average Bonchev–Trinajstić information content (AvgIpc) is 2.85. The van der Waals surface area contributed by atoms with Crippen LogP contribution < -0.4 is 0 Å². The molecule has 164 valence electrons. The molecule has 0 saturated heterocycles. The first-order valence-electron chi connectivity index (χ1n) is 11.4. The van der Waals surface area contributed by atoms with Gasteiger partial charge in [0.2, 0.25) is 0 Å². The van der Waals surface area contributed by atoms with E-state index in [2.05, 4.69) is 50.2 Å². The maximum atomic E-state index is 12.7. The molecular formula is C29H30O3. The number of rotatable bonds is 6. The average molecular weight is 427 g/mol. The predicted molar refractivity (Wildman–Crippen MR) is 128 cm³/mol. The lowest BCUT2D eigenvalue weighted by molar-refractivity contribution is -0.149. The van der Waals surface area contributed by atoms with Gasteiger partial charge in [-0.1, -0.05) is 105 Å². The van der Waals surface area contributed by atoms with Gasteiger partial charge >= 0.3 is 5.97 Å². The monoisotopic (exact) mass is 426 g/mol. The van der Waals surface area contributed by atoms with E-state index in [9.17, 15) is 9.59 Å². The Kier molecular flexibility index (Phi) is 6.55. The van der Waals surface area contributed by atoms with Gasteiger partial charge in [0.15, 0.2) is 0 Å². The fraction of sp³-hybridized carbons (Fsp3) is 0.310. The SMILES string of the molecule is CC(C)(c1ccc(-c2ccccc2)cc1)[C@@H]1CCCC[C@H]1OC(=O)C(=O)c1ccccc1. The van der Waals surface area contributed by atoms with Crippen molar-refractivity contribution in [2.24, 2.45) is 5.92 Å². The zero-order valence-corrected chi connectivity index (χ0v) is 18.8. The van der Waals surface area contributed by atoms with E-state index in [0.29, 0.717) is 5.56 Å². The molecule has 2 atom stereocenters. The molecule has 3 aromatic carbocycles. The third-order valence-electron chi connectivity index (χ3n) is 6.85. The smallest absolute Gasteiger partial charge is 0.379 e. The Hall–Kier alpha value is -3.20. The molecule has 0 amide bonds. The van der Waals surface area contributed by atoms with Crippen LogP contribution in [-0.2, 0) is 14.9 Å². The summed E-state index contributed by atoms with van der Waals surface area (Å²) in [4.78, 5) is 25.2. The summed E-state index contributed by atoms with van der Waals surface area (Å²) >= 11 is 0. The van der Waals surface area contributed by atoms with E-state index in [1.165, 1.54) is 16.7 Å². The lowest BCUT2D eigenvalue weighted by Crippen LogP contribution is -2.42. The summed E-state index contributed by atoms with van der Waals surface area (Å²) in [6, 6.07) is 27.7. The maximum absolute atomic E-state index is 12.7. The number of benzene rings is 3. The standard InChI is InChI=1S/C29H30O3/c1-29(2,24-19-17-22(18-20-24)21-11-5-3-6-12-21)25-15-9-10-16-26(25)32-28(31)27(30)23-13-7-4-8-14-23/h3-8,11-14,17-20,25-26H,9-10,15-16H2,1-2H3/t25-,26-/m1/s1.